The number of anilines is 1. The van der Waals surface area contributed by atoms with E-state index in [0.29, 0.717) is 36.8 Å². The second-order valence-electron chi connectivity index (χ2n) is 5.42. The average Bonchev–Trinajstić information content (AvgIpc) is 3.11. The molecule has 1 fully saturated rings. The highest BCUT2D eigenvalue weighted by Gasteiger charge is 2.15. The molecule has 0 aliphatic carbocycles. The maximum absolute atomic E-state index is 11.9. The second-order valence-corrected chi connectivity index (χ2v) is 5.42. The van der Waals surface area contributed by atoms with Gasteiger partial charge in [0, 0.05) is 25.3 Å². The van der Waals surface area contributed by atoms with E-state index in [0.717, 1.165) is 25.0 Å². The molecule has 1 aliphatic rings. The third-order valence-corrected chi connectivity index (χ3v) is 3.58. The van der Waals surface area contributed by atoms with Gasteiger partial charge in [0.2, 0.25) is 5.91 Å². The van der Waals surface area contributed by atoms with E-state index < -0.39 is 0 Å². The number of carbonyl (C=O) groups is 1. The summed E-state index contributed by atoms with van der Waals surface area (Å²) in [4.78, 5) is 16.1. The Morgan fingerprint density at radius 2 is 2.41 bits per heavy atom. The molecule has 1 aliphatic heterocycles. The number of hydrogen-bond donors (Lipinski definition) is 1. The molecule has 0 bridgehead atoms. The zero-order valence-corrected chi connectivity index (χ0v) is 12.6. The van der Waals surface area contributed by atoms with E-state index in [1.807, 2.05) is 12.1 Å². The molecule has 1 unspecified atom stereocenters. The van der Waals surface area contributed by atoms with Crippen molar-refractivity contribution >= 4 is 22.7 Å². The van der Waals surface area contributed by atoms with E-state index in [1.165, 1.54) is 0 Å². The number of ether oxygens (including phenoxy) is 2. The second kappa shape index (κ2) is 6.89. The van der Waals surface area contributed by atoms with Gasteiger partial charge >= 0.3 is 0 Å². The Kier molecular flexibility index (Phi) is 4.70. The number of hydrogen-bond acceptors (Lipinski definition) is 5. The molecule has 2 heterocycles. The number of aromatic nitrogens is 1. The van der Waals surface area contributed by atoms with E-state index in [2.05, 4.69) is 10.3 Å². The molecule has 0 radical (unpaired) electrons. The molecule has 118 valence electrons. The third-order valence-electron chi connectivity index (χ3n) is 3.58. The lowest BCUT2D eigenvalue weighted by Crippen LogP contribution is -2.18. The van der Waals surface area contributed by atoms with Gasteiger partial charge in [-0.2, -0.15) is 0 Å². The van der Waals surface area contributed by atoms with Gasteiger partial charge in [-0.3, -0.25) is 4.79 Å². The van der Waals surface area contributed by atoms with Crippen LogP contribution in [-0.2, 0) is 14.3 Å². The summed E-state index contributed by atoms with van der Waals surface area (Å²) in [6.07, 6.45) is 2.65. The van der Waals surface area contributed by atoms with E-state index in [9.17, 15) is 4.79 Å². The van der Waals surface area contributed by atoms with Crippen LogP contribution in [0.1, 0.15) is 25.2 Å². The van der Waals surface area contributed by atoms with Crippen LogP contribution in [0.25, 0.3) is 11.1 Å². The van der Waals surface area contributed by atoms with Crippen molar-refractivity contribution in [3.05, 3.63) is 24.1 Å². The van der Waals surface area contributed by atoms with Crippen LogP contribution in [0.3, 0.4) is 0 Å². The number of aryl methyl sites for hydroxylation is 1. The summed E-state index contributed by atoms with van der Waals surface area (Å²) < 4.78 is 16.4. The molecule has 1 saturated heterocycles. The topological polar surface area (TPSA) is 73.6 Å². The Hall–Kier alpha value is -1.92. The van der Waals surface area contributed by atoms with Gasteiger partial charge in [-0.1, -0.05) is 0 Å². The quantitative estimate of drug-likeness (QED) is 0.831. The Morgan fingerprint density at radius 3 is 3.23 bits per heavy atom. The van der Waals surface area contributed by atoms with Crippen LogP contribution in [0.5, 0.6) is 0 Å². The van der Waals surface area contributed by atoms with E-state index in [4.69, 9.17) is 13.9 Å². The molecule has 1 aromatic carbocycles. The first-order valence-electron chi connectivity index (χ1n) is 7.57. The fourth-order valence-electron chi connectivity index (χ4n) is 2.50. The molecule has 0 spiro atoms. The number of nitrogens with one attached hydrogen (secondary N) is 1. The summed E-state index contributed by atoms with van der Waals surface area (Å²) in [6, 6.07) is 5.42. The lowest BCUT2D eigenvalue weighted by atomic mass is 10.2. The van der Waals surface area contributed by atoms with Crippen molar-refractivity contribution in [2.24, 2.45) is 0 Å². The van der Waals surface area contributed by atoms with Crippen LogP contribution in [0.4, 0.5) is 5.69 Å². The Labute approximate surface area is 128 Å². The molecule has 1 amide bonds. The largest absolute Gasteiger partial charge is 0.441 e. The Morgan fingerprint density at radius 1 is 1.50 bits per heavy atom. The molecule has 1 aromatic heterocycles. The normalized spacial score (nSPS) is 18.0. The van der Waals surface area contributed by atoms with Crippen LogP contribution in [0.2, 0.25) is 0 Å². The zero-order chi connectivity index (χ0) is 15.4. The Bertz CT molecular complexity index is 647. The molecule has 6 nitrogen and oxygen atoms in total. The molecule has 0 saturated carbocycles. The van der Waals surface area contributed by atoms with E-state index in [1.54, 1.807) is 13.0 Å². The number of amides is 1. The third kappa shape index (κ3) is 3.84. The molecule has 3 rings (SSSR count). The van der Waals surface area contributed by atoms with Crippen LogP contribution >= 0.6 is 0 Å². The van der Waals surface area contributed by atoms with Gasteiger partial charge < -0.3 is 19.2 Å². The van der Waals surface area contributed by atoms with Crippen molar-refractivity contribution in [3.63, 3.8) is 0 Å². The van der Waals surface area contributed by atoms with Crippen molar-refractivity contribution in [1.82, 2.24) is 4.98 Å². The summed E-state index contributed by atoms with van der Waals surface area (Å²) in [5.74, 6) is 0.531. The predicted molar refractivity (Wildman–Crippen MR) is 81.8 cm³/mol. The molecule has 2 aromatic rings. The van der Waals surface area contributed by atoms with Crippen LogP contribution < -0.4 is 5.32 Å². The minimum Gasteiger partial charge on any atom is -0.441 e. The highest BCUT2D eigenvalue weighted by atomic mass is 16.5. The first-order valence-corrected chi connectivity index (χ1v) is 7.57. The van der Waals surface area contributed by atoms with Crippen molar-refractivity contribution in [2.75, 3.05) is 25.1 Å². The van der Waals surface area contributed by atoms with Crippen molar-refractivity contribution in [3.8, 4) is 0 Å². The van der Waals surface area contributed by atoms with Crippen molar-refractivity contribution in [2.45, 2.75) is 32.3 Å². The molecule has 6 heteroatoms. The summed E-state index contributed by atoms with van der Waals surface area (Å²) in [5, 5.41) is 2.83. The van der Waals surface area contributed by atoms with Gasteiger partial charge in [-0.15, -0.1) is 0 Å². The zero-order valence-electron chi connectivity index (χ0n) is 12.6. The average molecular weight is 304 g/mol. The maximum Gasteiger partial charge on any atom is 0.226 e. The number of rotatable bonds is 6. The van der Waals surface area contributed by atoms with Crippen LogP contribution in [0.15, 0.2) is 22.6 Å². The highest BCUT2D eigenvalue weighted by molar-refractivity contribution is 5.92. The van der Waals surface area contributed by atoms with E-state index in [-0.39, 0.29) is 12.0 Å². The van der Waals surface area contributed by atoms with Crippen LogP contribution in [-0.4, -0.2) is 36.8 Å². The van der Waals surface area contributed by atoms with Crippen molar-refractivity contribution in [1.29, 1.82) is 0 Å². The lowest BCUT2D eigenvalue weighted by molar-refractivity contribution is -0.117. The smallest absolute Gasteiger partial charge is 0.226 e. The van der Waals surface area contributed by atoms with Gasteiger partial charge in [-0.05, 0) is 25.0 Å². The van der Waals surface area contributed by atoms with Crippen LogP contribution in [0, 0.1) is 6.92 Å². The number of oxazole rings is 1. The van der Waals surface area contributed by atoms with Gasteiger partial charge in [0.25, 0.3) is 0 Å². The number of fused-ring (bicyclic) bond motifs is 1. The first-order chi connectivity index (χ1) is 10.7. The highest BCUT2D eigenvalue weighted by Crippen LogP contribution is 2.20. The standard InChI is InChI=1S/C16H20N2O4/c1-11-17-14-5-4-12(9-15(14)22-11)18-16(19)6-8-20-10-13-3-2-7-21-13/h4-5,9,13H,2-3,6-8,10H2,1H3,(H,18,19). The molecular formula is C16H20N2O4. The van der Waals surface area contributed by atoms with Gasteiger partial charge in [0.15, 0.2) is 11.5 Å². The first kappa shape index (κ1) is 15.0. The number of nitrogens with zero attached hydrogens (tertiary/aromatic N) is 1. The Balaban J connectivity index is 1.43. The predicted octanol–water partition coefficient (Wildman–Crippen LogP) is 2.66. The van der Waals surface area contributed by atoms with Gasteiger partial charge in [-0.25, -0.2) is 4.98 Å². The summed E-state index contributed by atoms with van der Waals surface area (Å²) >= 11 is 0. The lowest BCUT2D eigenvalue weighted by Gasteiger charge is -2.10. The molecule has 22 heavy (non-hydrogen) atoms. The van der Waals surface area contributed by atoms with Crippen molar-refractivity contribution < 1.29 is 18.7 Å². The fourth-order valence-corrected chi connectivity index (χ4v) is 2.50. The maximum atomic E-state index is 11.9. The summed E-state index contributed by atoms with van der Waals surface area (Å²) in [5.41, 5.74) is 2.16. The molecule has 1 N–H and O–H groups in total. The number of benzene rings is 1. The monoisotopic (exact) mass is 304 g/mol. The van der Waals surface area contributed by atoms with Gasteiger partial charge in [0.05, 0.1) is 25.7 Å². The van der Waals surface area contributed by atoms with E-state index >= 15 is 0 Å². The SMILES string of the molecule is Cc1nc2ccc(NC(=O)CCOCC3CCCO3)cc2o1. The molecular weight excluding hydrogens is 284 g/mol. The molecule has 1 atom stereocenters. The summed E-state index contributed by atoms with van der Waals surface area (Å²) in [6.45, 7) is 3.58. The minimum absolute atomic E-state index is 0.0806. The number of carbonyl (C=O) groups excluding carboxylic acids is 1. The van der Waals surface area contributed by atoms with Gasteiger partial charge in [0.1, 0.15) is 5.52 Å². The summed E-state index contributed by atoms with van der Waals surface area (Å²) in [7, 11) is 0. The fraction of sp³-hybridized carbons (Fsp3) is 0.500. The minimum atomic E-state index is -0.0806.